The normalized spacial score (nSPS) is 10.8. The van der Waals surface area contributed by atoms with Crippen LogP contribution in [0, 0.1) is 0 Å². The Bertz CT molecular complexity index is 380. The van der Waals surface area contributed by atoms with Crippen LogP contribution in [0.2, 0.25) is 0 Å². The highest BCUT2D eigenvalue weighted by molar-refractivity contribution is 5.41. The Labute approximate surface area is 122 Å². The topological polar surface area (TPSA) is 53.7 Å². The van der Waals surface area contributed by atoms with Crippen LogP contribution in [0.15, 0.2) is 18.2 Å². The molecule has 0 aliphatic heterocycles. The molecule has 1 rings (SSSR count). The van der Waals surface area contributed by atoms with Gasteiger partial charge in [0.25, 0.3) is 0 Å². The SMILES string of the molecule is CCCOc1ccc(CCN)c(OCCOC(C)C)c1. The van der Waals surface area contributed by atoms with Crippen LogP contribution in [0.3, 0.4) is 0 Å². The zero-order valence-electron chi connectivity index (χ0n) is 12.9. The van der Waals surface area contributed by atoms with Crippen LogP contribution in [0.5, 0.6) is 11.5 Å². The zero-order chi connectivity index (χ0) is 14.8. The van der Waals surface area contributed by atoms with Gasteiger partial charge in [-0.15, -0.1) is 0 Å². The predicted octanol–water partition coefficient (Wildman–Crippen LogP) is 2.78. The molecule has 4 nitrogen and oxygen atoms in total. The molecule has 0 heterocycles. The average Bonchev–Trinajstić information content (AvgIpc) is 2.43. The number of benzene rings is 1. The zero-order valence-corrected chi connectivity index (χ0v) is 12.9. The summed E-state index contributed by atoms with van der Waals surface area (Å²) < 4.78 is 16.9. The summed E-state index contributed by atoms with van der Waals surface area (Å²) in [6.45, 7) is 8.55. The minimum absolute atomic E-state index is 0.223. The van der Waals surface area contributed by atoms with Crippen molar-refractivity contribution in [1.29, 1.82) is 0 Å². The van der Waals surface area contributed by atoms with E-state index in [-0.39, 0.29) is 6.10 Å². The van der Waals surface area contributed by atoms with Crippen LogP contribution >= 0.6 is 0 Å². The van der Waals surface area contributed by atoms with E-state index in [1.807, 2.05) is 32.0 Å². The standard InChI is InChI=1S/C16H27NO3/c1-4-9-19-15-6-5-14(7-8-17)16(12-15)20-11-10-18-13(2)3/h5-6,12-13H,4,7-11,17H2,1-3H3. The van der Waals surface area contributed by atoms with Gasteiger partial charge in [-0.1, -0.05) is 13.0 Å². The van der Waals surface area contributed by atoms with Crippen molar-refractivity contribution in [3.05, 3.63) is 23.8 Å². The highest BCUT2D eigenvalue weighted by Gasteiger charge is 2.06. The second kappa shape index (κ2) is 9.61. The molecule has 0 saturated carbocycles. The number of nitrogens with two attached hydrogens (primary N) is 1. The summed E-state index contributed by atoms with van der Waals surface area (Å²) in [4.78, 5) is 0. The lowest BCUT2D eigenvalue weighted by Crippen LogP contribution is -2.13. The van der Waals surface area contributed by atoms with Crippen LogP contribution in [0.1, 0.15) is 32.8 Å². The second-order valence-corrected chi connectivity index (χ2v) is 4.92. The maximum absolute atomic E-state index is 5.80. The summed E-state index contributed by atoms with van der Waals surface area (Å²) in [6, 6.07) is 5.94. The molecule has 0 atom stereocenters. The number of hydrogen-bond donors (Lipinski definition) is 1. The van der Waals surface area contributed by atoms with Crippen molar-refractivity contribution in [2.24, 2.45) is 5.73 Å². The van der Waals surface area contributed by atoms with Gasteiger partial charge in [-0.3, -0.25) is 0 Å². The number of rotatable bonds is 10. The minimum Gasteiger partial charge on any atom is -0.493 e. The van der Waals surface area contributed by atoms with Crippen molar-refractivity contribution in [3.8, 4) is 11.5 Å². The smallest absolute Gasteiger partial charge is 0.126 e. The van der Waals surface area contributed by atoms with Gasteiger partial charge in [0.1, 0.15) is 18.1 Å². The van der Waals surface area contributed by atoms with Crippen molar-refractivity contribution >= 4 is 0 Å². The highest BCUT2D eigenvalue weighted by Crippen LogP contribution is 2.25. The van der Waals surface area contributed by atoms with E-state index in [2.05, 4.69) is 6.92 Å². The molecule has 0 aliphatic carbocycles. The van der Waals surface area contributed by atoms with Crippen LogP contribution in [0.4, 0.5) is 0 Å². The monoisotopic (exact) mass is 281 g/mol. The van der Waals surface area contributed by atoms with Gasteiger partial charge in [0, 0.05) is 6.07 Å². The molecule has 1 aromatic carbocycles. The van der Waals surface area contributed by atoms with E-state index >= 15 is 0 Å². The molecule has 114 valence electrons. The van der Waals surface area contributed by atoms with Gasteiger partial charge in [0.2, 0.25) is 0 Å². The predicted molar refractivity (Wildman–Crippen MR) is 81.6 cm³/mol. The van der Waals surface area contributed by atoms with Crippen LogP contribution in [-0.2, 0) is 11.2 Å². The first kappa shape index (κ1) is 16.8. The Morgan fingerprint density at radius 3 is 2.55 bits per heavy atom. The first-order chi connectivity index (χ1) is 9.67. The van der Waals surface area contributed by atoms with E-state index in [1.165, 1.54) is 0 Å². The van der Waals surface area contributed by atoms with Crippen LogP contribution in [-0.4, -0.2) is 32.5 Å². The fourth-order valence-electron chi connectivity index (χ4n) is 1.78. The summed E-state index contributed by atoms with van der Waals surface area (Å²) in [6.07, 6.45) is 2.01. The molecule has 4 heteroatoms. The van der Waals surface area contributed by atoms with E-state index in [9.17, 15) is 0 Å². The average molecular weight is 281 g/mol. The van der Waals surface area contributed by atoms with Crippen molar-refractivity contribution < 1.29 is 14.2 Å². The van der Waals surface area contributed by atoms with E-state index in [0.29, 0.717) is 26.4 Å². The first-order valence-corrected chi connectivity index (χ1v) is 7.37. The van der Waals surface area contributed by atoms with Crippen molar-refractivity contribution in [2.45, 2.75) is 39.7 Å². The van der Waals surface area contributed by atoms with Crippen molar-refractivity contribution in [1.82, 2.24) is 0 Å². The number of hydrogen-bond acceptors (Lipinski definition) is 4. The number of ether oxygens (including phenoxy) is 3. The Morgan fingerprint density at radius 1 is 1.10 bits per heavy atom. The van der Waals surface area contributed by atoms with E-state index < -0.39 is 0 Å². The lowest BCUT2D eigenvalue weighted by atomic mass is 10.1. The summed E-state index contributed by atoms with van der Waals surface area (Å²) in [7, 11) is 0. The molecule has 0 aromatic heterocycles. The summed E-state index contributed by atoms with van der Waals surface area (Å²) >= 11 is 0. The Balaban J connectivity index is 2.62. The maximum Gasteiger partial charge on any atom is 0.126 e. The molecule has 1 aromatic rings. The quantitative estimate of drug-likeness (QED) is 0.670. The third-order valence-corrected chi connectivity index (χ3v) is 2.72. The van der Waals surface area contributed by atoms with Gasteiger partial charge in [-0.05, 0) is 44.9 Å². The Kier molecular flexibility index (Phi) is 8.07. The molecule has 0 aliphatic rings. The second-order valence-electron chi connectivity index (χ2n) is 4.92. The van der Waals surface area contributed by atoms with Gasteiger partial charge < -0.3 is 19.9 Å². The molecule has 0 radical (unpaired) electrons. The molecule has 0 unspecified atom stereocenters. The molecule has 20 heavy (non-hydrogen) atoms. The van der Waals surface area contributed by atoms with Gasteiger partial charge in [0.15, 0.2) is 0 Å². The third kappa shape index (κ3) is 6.26. The minimum atomic E-state index is 0.223. The summed E-state index contributed by atoms with van der Waals surface area (Å²) in [5, 5.41) is 0. The fraction of sp³-hybridized carbons (Fsp3) is 0.625. The molecule has 2 N–H and O–H groups in total. The largest absolute Gasteiger partial charge is 0.493 e. The summed E-state index contributed by atoms with van der Waals surface area (Å²) in [5.74, 6) is 1.68. The molecular weight excluding hydrogens is 254 g/mol. The first-order valence-electron chi connectivity index (χ1n) is 7.37. The lowest BCUT2D eigenvalue weighted by Gasteiger charge is -2.14. The third-order valence-electron chi connectivity index (χ3n) is 2.72. The summed E-state index contributed by atoms with van der Waals surface area (Å²) in [5.41, 5.74) is 6.74. The van der Waals surface area contributed by atoms with Crippen molar-refractivity contribution in [3.63, 3.8) is 0 Å². The van der Waals surface area contributed by atoms with Gasteiger partial charge >= 0.3 is 0 Å². The maximum atomic E-state index is 5.80. The van der Waals surface area contributed by atoms with E-state index in [0.717, 1.165) is 29.9 Å². The Hall–Kier alpha value is -1.26. The lowest BCUT2D eigenvalue weighted by molar-refractivity contribution is 0.0550. The molecule has 0 saturated heterocycles. The van der Waals surface area contributed by atoms with Gasteiger partial charge in [0.05, 0.1) is 19.3 Å². The van der Waals surface area contributed by atoms with Gasteiger partial charge in [-0.25, -0.2) is 0 Å². The van der Waals surface area contributed by atoms with E-state index in [1.54, 1.807) is 0 Å². The molecule has 0 amide bonds. The fourth-order valence-corrected chi connectivity index (χ4v) is 1.78. The Morgan fingerprint density at radius 2 is 1.90 bits per heavy atom. The van der Waals surface area contributed by atoms with E-state index in [4.69, 9.17) is 19.9 Å². The van der Waals surface area contributed by atoms with Crippen molar-refractivity contribution in [2.75, 3.05) is 26.4 Å². The van der Waals surface area contributed by atoms with Gasteiger partial charge in [-0.2, -0.15) is 0 Å². The van der Waals surface area contributed by atoms with Crippen LogP contribution in [0.25, 0.3) is 0 Å². The molecule has 0 fully saturated rings. The molecule has 0 bridgehead atoms. The van der Waals surface area contributed by atoms with Crippen LogP contribution < -0.4 is 15.2 Å². The highest BCUT2D eigenvalue weighted by atomic mass is 16.5. The molecular formula is C16H27NO3. The molecule has 0 spiro atoms.